The maximum Gasteiger partial charge on any atom is 0.410 e. The van der Waals surface area contributed by atoms with Gasteiger partial charge in [0.15, 0.2) is 5.96 Å². The van der Waals surface area contributed by atoms with Gasteiger partial charge < -0.3 is 25.6 Å². The molecule has 3 N–H and O–H groups in total. The number of likely N-dealkylation sites (tertiary alicyclic amines) is 1. The molecule has 162 valence electrons. The van der Waals surface area contributed by atoms with Crippen LogP contribution in [0.25, 0.3) is 0 Å². The molecule has 2 amide bonds. The summed E-state index contributed by atoms with van der Waals surface area (Å²) in [5.41, 5.74) is 1.48. The summed E-state index contributed by atoms with van der Waals surface area (Å²) in [6.07, 6.45) is 0.548. The minimum atomic E-state index is -0.479. The van der Waals surface area contributed by atoms with Gasteiger partial charge in [0.05, 0.1) is 6.04 Å². The highest BCUT2D eigenvalue weighted by molar-refractivity contribution is 14.0. The van der Waals surface area contributed by atoms with Crippen molar-refractivity contribution in [2.45, 2.75) is 45.8 Å². The van der Waals surface area contributed by atoms with Crippen LogP contribution in [0.1, 0.15) is 33.3 Å². The maximum atomic E-state index is 12.0. The number of guanidine groups is 1. The predicted molar refractivity (Wildman–Crippen MR) is 126 cm³/mol. The second kappa shape index (κ2) is 11.2. The first kappa shape index (κ1) is 25.0. The second-order valence-corrected chi connectivity index (χ2v) is 7.85. The van der Waals surface area contributed by atoms with Gasteiger partial charge in [-0.1, -0.05) is 12.1 Å². The molecule has 0 aromatic heterocycles. The van der Waals surface area contributed by atoms with Crippen LogP contribution in [0.4, 0.5) is 10.5 Å². The van der Waals surface area contributed by atoms with Crippen molar-refractivity contribution in [1.82, 2.24) is 15.5 Å². The number of carbonyl (C=O) groups is 2. The van der Waals surface area contributed by atoms with Crippen LogP contribution < -0.4 is 16.0 Å². The van der Waals surface area contributed by atoms with Crippen LogP contribution in [0.5, 0.6) is 0 Å². The number of carbonyl (C=O) groups excluding carboxylic acids is 2. The Balaban J connectivity index is 0.00000420. The van der Waals surface area contributed by atoms with Gasteiger partial charge in [0.1, 0.15) is 5.60 Å². The lowest BCUT2D eigenvalue weighted by atomic mass is 10.1. The molecule has 1 heterocycles. The number of hydrogen-bond acceptors (Lipinski definition) is 4. The molecule has 0 radical (unpaired) electrons. The zero-order valence-electron chi connectivity index (χ0n) is 17.7. The largest absolute Gasteiger partial charge is 0.444 e. The third-order valence-electron chi connectivity index (χ3n) is 4.08. The molecular weight excluding hydrogens is 485 g/mol. The third-order valence-corrected chi connectivity index (χ3v) is 4.08. The first-order valence-electron chi connectivity index (χ1n) is 9.48. The molecular formula is C20H32IN5O3. The minimum Gasteiger partial charge on any atom is -0.444 e. The molecule has 0 saturated carbocycles. The fourth-order valence-electron chi connectivity index (χ4n) is 2.72. The van der Waals surface area contributed by atoms with E-state index in [1.165, 1.54) is 6.92 Å². The van der Waals surface area contributed by atoms with Crippen molar-refractivity contribution in [2.75, 3.05) is 32.0 Å². The molecule has 1 aliphatic rings. The molecule has 9 heteroatoms. The topological polar surface area (TPSA) is 95.1 Å². The van der Waals surface area contributed by atoms with Crippen LogP contribution in [0, 0.1) is 0 Å². The van der Waals surface area contributed by atoms with E-state index in [2.05, 4.69) is 20.9 Å². The Labute approximate surface area is 189 Å². The number of amides is 2. The summed E-state index contributed by atoms with van der Waals surface area (Å²) in [7, 11) is 1.72. The molecule has 0 unspecified atom stereocenters. The standard InChI is InChI=1S/C20H31N5O3.HI/c1-14(26)23-16-8-6-15(7-9-16)10-11-22-18(21-5)24-17-12-25(13-17)19(27)28-20(2,3)4;/h6-9,17H,10-13H2,1-5H3,(H,23,26)(H2,21,22,24);1H. The average Bonchev–Trinajstić information content (AvgIpc) is 2.55. The Morgan fingerprint density at radius 3 is 2.34 bits per heavy atom. The SMILES string of the molecule is CN=C(NCCc1ccc(NC(C)=O)cc1)NC1CN(C(=O)OC(C)(C)C)C1.I. The fourth-order valence-corrected chi connectivity index (χ4v) is 2.72. The molecule has 2 rings (SSSR count). The number of benzene rings is 1. The lowest BCUT2D eigenvalue weighted by Crippen LogP contribution is -2.63. The van der Waals surface area contributed by atoms with Crippen molar-refractivity contribution in [1.29, 1.82) is 0 Å². The van der Waals surface area contributed by atoms with Gasteiger partial charge >= 0.3 is 6.09 Å². The van der Waals surface area contributed by atoms with E-state index in [-0.39, 0.29) is 42.0 Å². The van der Waals surface area contributed by atoms with Crippen LogP contribution in [0.15, 0.2) is 29.3 Å². The number of nitrogens with zero attached hydrogens (tertiary/aromatic N) is 2. The highest BCUT2D eigenvalue weighted by Crippen LogP contribution is 2.15. The van der Waals surface area contributed by atoms with E-state index in [0.29, 0.717) is 19.0 Å². The summed E-state index contributed by atoms with van der Waals surface area (Å²) in [4.78, 5) is 28.9. The van der Waals surface area contributed by atoms with Crippen molar-refractivity contribution >= 4 is 47.6 Å². The van der Waals surface area contributed by atoms with Crippen molar-refractivity contribution in [3.63, 3.8) is 0 Å². The molecule has 0 aliphatic carbocycles. The van der Waals surface area contributed by atoms with Crippen LogP contribution in [0.2, 0.25) is 0 Å². The summed E-state index contributed by atoms with van der Waals surface area (Å²) in [5, 5.41) is 9.34. The van der Waals surface area contributed by atoms with Crippen molar-refractivity contribution in [3.05, 3.63) is 29.8 Å². The van der Waals surface area contributed by atoms with Gasteiger partial charge in [-0.25, -0.2) is 4.79 Å². The van der Waals surface area contributed by atoms with Crippen LogP contribution in [0.3, 0.4) is 0 Å². The van der Waals surface area contributed by atoms with Gasteiger partial charge in [0, 0.05) is 39.3 Å². The number of nitrogens with one attached hydrogen (secondary N) is 3. The van der Waals surface area contributed by atoms with Gasteiger partial charge in [-0.3, -0.25) is 9.79 Å². The van der Waals surface area contributed by atoms with E-state index in [0.717, 1.165) is 24.2 Å². The highest BCUT2D eigenvalue weighted by Gasteiger charge is 2.34. The number of halogens is 1. The molecule has 29 heavy (non-hydrogen) atoms. The first-order chi connectivity index (χ1) is 13.2. The zero-order chi connectivity index (χ0) is 20.7. The number of hydrogen-bond donors (Lipinski definition) is 3. The van der Waals surface area contributed by atoms with Gasteiger partial charge in [-0.2, -0.15) is 0 Å². The summed E-state index contributed by atoms with van der Waals surface area (Å²) in [6.45, 7) is 8.99. The highest BCUT2D eigenvalue weighted by atomic mass is 127. The molecule has 0 spiro atoms. The van der Waals surface area contributed by atoms with E-state index in [1.54, 1.807) is 11.9 Å². The molecule has 0 atom stereocenters. The Morgan fingerprint density at radius 1 is 1.21 bits per heavy atom. The average molecular weight is 517 g/mol. The zero-order valence-corrected chi connectivity index (χ0v) is 20.1. The third kappa shape index (κ3) is 8.88. The van der Waals surface area contributed by atoms with Gasteiger partial charge in [-0.05, 0) is 44.9 Å². The summed E-state index contributed by atoms with van der Waals surface area (Å²) in [5.74, 6) is 0.634. The molecule has 1 aromatic carbocycles. The Morgan fingerprint density at radius 2 is 1.83 bits per heavy atom. The lowest BCUT2D eigenvalue weighted by molar-refractivity contribution is -0.114. The van der Waals surface area contributed by atoms with Crippen molar-refractivity contribution in [3.8, 4) is 0 Å². The van der Waals surface area contributed by atoms with E-state index in [9.17, 15) is 9.59 Å². The van der Waals surface area contributed by atoms with Gasteiger partial charge in [-0.15, -0.1) is 24.0 Å². The van der Waals surface area contributed by atoms with Crippen LogP contribution in [-0.2, 0) is 16.0 Å². The molecule has 1 fully saturated rings. The molecule has 1 aromatic rings. The monoisotopic (exact) mass is 517 g/mol. The number of ether oxygens (including phenoxy) is 1. The van der Waals surface area contributed by atoms with Crippen molar-refractivity contribution < 1.29 is 14.3 Å². The normalized spacial score (nSPS) is 14.4. The Hall–Kier alpha value is -2.04. The molecule has 1 saturated heterocycles. The first-order valence-corrected chi connectivity index (χ1v) is 9.48. The van der Waals surface area contributed by atoms with Crippen LogP contribution >= 0.6 is 24.0 Å². The van der Waals surface area contributed by atoms with Gasteiger partial charge in [0.25, 0.3) is 0 Å². The number of rotatable bonds is 5. The van der Waals surface area contributed by atoms with E-state index in [1.807, 2.05) is 45.0 Å². The Kier molecular flexibility index (Phi) is 9.67. The second-order valence-electron chi connectivity index (χ2n) is 7.85. The predicted octanol–water partition coefficient (Wildman–Crippen LogP) is 2.59. The quantitative estimate of drug-likeness (QED) is 0.317. The van der Waals surface area contributed by atoms with E-state index < -0.39 is 5.60 Å². The molecule has 8 nitrogen and oxygen atoms in total. The van der Waals surface area contributed by atoms with E-state index in [4.69, 9.17) is 4.74 Å². The summed E-state index contributed by atoms with van der Waals surface area (Å²) >= 11 is 0. The summed E-state index contributed by atoms with van der Waals surface area (Å²) in [6, 6.07) is 7.93. The lowest BCUT2D eigenvalue weighted by Gasteiger charge is -2.40. The fraction of sp³-hybridized carbons (Fsp3) is 0.550. The smallest absolute Gasteiger partial charge is 0.410 e. The Bertz CT molecular complexity index is 710. The summed E-state index contributed by atoms with van der Waals surface area (Å²) < 4.78 is 5.35. The van der Waals surface area contributed by atoms with E-state index >= 15 is 0 Å². The number of anilines is 1. The van der Waals surface area contributed by atoms with Crippen molar-refractivity contribution in [2.24, 2.45) is 4.99 Å². The molecule has 1 aliphatic heterocycles. The number of aliphatic imine (C=N–C) groups is 1. The van der Waals surface area contributed by atoms with Crippen LogP contribution in [-0.4, -0.2) is 61.2 Å². The maximum absolute atomic E-state index is 12.0. The minimum absolute atomic E-state index is 0. The van der Waals surface area contributed by atoms with Gasteiger partial charge in [0.2, 0.25) is 5.91 Å². The molecule has 0 bridgehead atoms.